The van der Waals surface area contributed by atoms with Crippen LogP contribution < -0.4 is 0 Å². The zero-order valence-electron chi connectivity index (χ0n) is 10.2. The van der Waals surface area contributed by atoms with E-state index in [1.165, 1.54) is 12.1 Å². The lowest BCUT2D eigenvalue weighted by molar-refractivity contribution is -0.121. The van der Waals surface area contributed by atoms with Crippen molar-refractivity contribution in [3.05, 3.63) is 17.5 Å². The van der Waals surface area contributed by atoms with Gasteiger partial charge in [0.2, 0.25) is 0 Å². The number of carbonyl (C=O) groups is 1. The molecule has 0 bridgehead atoms. The van der Waals surface area contributed by atoms with Gasteiger partial charge < -0.3 is 0 Å². The SMILES string of the molecule is CCc1cc(CC2CCCC(=O)C2)n(C)n1. The van der Waals surface area contributed by atoms with Gasteiger partial charge in [-0.25, -0.2) is 0 Å². The minimum absolute atomic E-state index is 0.439. The Labute approximate surface area is 96.8 Å². The molecule has 1 saturated carbocycles. The van der Waals surface area contributed by atoms with Crippen LogP contribution in [0.15, 0.2) is 6.07 Å². The number of aryl methyl sites for hydroxylation is 2. The Morgan fingerprint density at radius 3 is 3.00 bits per heavy atom. The van der Waals surface area contributed by atoms with Crippen LogP contribution in [0.1, 0.15) is 44.0 Å². The maximum absolute atomic E-state index is 11.4. The highest BCUT2D eigenvalue weighted by Crippen LogP contribution is 2.25. The van der Waals surface area contributed by atoms with Gasteiger partial charge in [0, 0.05) is 25.6 Å². The van der Waals surface area contributed by atoms with Crippen molar-refractivity contribution in [1.29, 1.82) is 0 Å². The Kier molecular flexibility index (Phi) is 3.42. The van der Waals surface area contributed by atoms with Crippen molar-refractivity contribution in [3.8, 4) is 0 Å². The molecule has 1 fully saturated rings. The zero-order valence-corrected chi connectivity index (χ0v) is 10.2. The lowest BCUT2D eigenvalue weighted by Crippen LogP contribution is -2.18. The fourth-order valence-electron chi connectivity index (χ4n) is 2.52. The van der Waals surface area contributed by atoms with Gasteiger partial charge in [0.15, 0.2) is 0 Å². The van der Waals surface area contributed by atoms with E-state index in [1.54, 1.807) is 0 Å². The Bertz CT molecular complexity index is 381. The smallest absolute Gasteiger partial charge is 0.133 e. The van der Waals surface area contributed by atoms with Gasteiger partial charge in [-0.15, -0.1) is 0 Å². The topological polar surface area (TPSA) is 34.9 Å². The molecule has 0 radical (unpaired) electrons. The van der Waals surface area contributed by atoms with Gasteiger partial charge in [-0.3, -0.25) is 9.48 Å². The minimum atomic E-state index is 0.439. The fraction of sp³-hybridized carbons (Fsp3) is 0.692. The lowest BCUT2D eigenvalue weighted by atomic mass is 9.85. The van der Waals surface area contributed by atoms with Crippen LogP contribution in [0.3, 0.4) is 0 Å². The summed E-state index contributed by atoms with van der Waals surface area (Å²) in [4.78, 5) is 11.4. The molecule has 1 aliphatic rings. The third-order valence-corrected chi connectivity index (χ3v) is 3.47. The van der Waals surface area contributed by atoms with Crippen molar-refractivity contribution >= 4 is 5.78 Å². The summed E-state index contributed by atoms with van der Waals surface area (Å²) < 4.78 is 1.97. The standard InChI is InChI=1S/C13H20N2O/c1-3-11-9-12(15(2)14-11)7-10-5-4-6-13(16)8-10/h9-10H,3-8H2,1-2H3. The van der Waals surface area contributed by atoms with E-state index in [2.05, 4.69) is 18.1 Å². The van der Waals surface area contributed by atoms with E-state index in [9.17, 15) is 4.79 Å². The van der Waals surface area contributed by atoms with E-state index in [1.807, 2.05) is 11.7 Å². The van der Waals surface area contributed by atoms with E-state index in [-0.39, 0.29) is 0 Å². The molecule has 0 aromatic carbocycles. The Balaban J connectivity index is 2.02. The Hall–Kier alpha value is -1.12. The highest BCUT2D eigenvalue weighted by atomic mass is 16.1. The first-order valence-electron chi connectivity index (χ1n) is 6.22. The number of hydrogen-bond acceptors (Lipinski definition) is 2. The third kappa shape index (κ3) is 2.52. The number of rotatable bonds is 3. The molecule has 1 unspecified atom stereocenters. The summed E-state index contributed by atoms with van der Waals surface area (Å²) in [6.07, 6.45) is 5.82. The number of nitrogens with zero attached hydrogens (tertiary/aromatic N) is 2. The van der Waals surface area contributed by atoms with Crippen LogP contribution in [0.25, 0.3) is 0 Å². The molecule has 0 amide bonds. The quantitative estimate of drug-likeness (QED) is 0.783. The van der Waals surface area contributed by atoms with Crippen molar-refractivity contribution in [1.82, 2.24) is 9.78 Å². The number of ketones is 1. The van der Waals surface area contributed by atoms with Crippen LogP contribution in [-0.2, 0) is 24.7 Å². The van der Waals surface area contributed by atoms with Crippen LogP contribution in [0, 0.1) is 5.92 Å². The van der Waals surface area contributed by atoms with Gasteiger partial charge in [-0.05, 0) is 37.7 Å². The minimum Gasteiger partial charge on any atom is -0.300 e. The largest absolute Gasteiger partial charge is 0.300 e. The fourth-order valence-corrected chi connectivity index (χ4v) is 2.52. The van der Waals surface area contributed by atoms with E-state index >= 15 is 0 Å². The van der Waals surface area contributed by atoms with E-state index in [4.69, 9.17) is 0 Å². The Morgan fingerprint density at radius 2 is 2.38 bits per heavy atom. The molecule has 1 atom stereocenters. The van der Waals surface area contributed by atoms with Crippen LogP contribution in [0.5, 0.6) is 0 Å². The van der Waals surface area contributed by atoms with Crippen molar-refractivity contribution in [2.45, 2.75) is 45.4 Å². The molecule has 2 rings (SSSR count). The summed E-state index contributed by atoms with van der Waals surface area (Å²) in [6, 6.07) is 2.18. The van der Waals surface area contributed by atoms with Gasteiger partial charge in [-0.2, -0.15) is 5.10 Å². The highest BCUT2D eigenvalue weighted by molar-refractivity contribution is 5.79. The molecule has 16 heavy (non-hydrogen) atoms. The monoisotopic (exact) mass is 220 g/mol. The molecule has 3 heteroatoms. The van der Waals surface area contributed by atoms with Crippen LogP contribution in [-0.4, -0.2) is 15.6 Å². The molecule has 0 saturated heterocycles. The second-order valence-corrected chi connectivity index (χ2v) is 4.81. The summed E-state index contributed by atoms with van der Waals surface area (Å²) >= 11 is 0. The van der Waals surface area contributed by atoms with E-state index < -0.39 is 0 Å². The van der Waals surface area contributed by atoms with Gasteiger partial charge in [0.1, 0.15) is 5.78 Å². The molecular formula is C13H20N2O. The van der Waals surface area contributed by atoms with E-state index in [0.29, 0.717) is 11.7 Å². The van der Waals surface area contributed by atoms with Gasteiger partial charge in [0.25, 0.3) is 0 Å². The predicted octanol–water partition coefficient (Wildman–Crippen LogP) is 2.28. The van der Waals surface area contributed by atoms with Crippen LogP contribution in [0.2, 0.25) is 0 Å². The van der Waals surface area contributed by atoms with Crippen molar-refractivity contribution < 1.29 is 4.79 Å². The summed E-state index contributed by atoms with van der Waals surface area (Å²) in [5, 5.41) is 4.45. The molecule has 88 valence electrons. The van der Waals surface area contributed by atoms with Crippen LogP contribution >= 0.6 is 0 Å². The third-order valence-electron chi connectivity index (χ3n) is 3.47. The average molecular weight is 220 g/mol. The number of hydrogen-bond donors (Lipinski definition) is 0. The first-order valence-corrected chi connectivity index (χ1v) is 6.22. The van der Waals surface area contributed by atoms with Gasteiger partial charge in [-0.1, -0.05) is 6.92 Å². The van der Waals surface area contributed by atoms with Crippen molar-refractivity contribution in [3.63, 3.8) is 0 Å². The molecule has 0 N–H and O–H groups in total. The summed E-state index contributed by atoms with van der Waals surface area (Å²) in [5.41, 5.74) is 2.43. The highest BCUT2D eigenvalue weighted by Gasteiger charge is 2.20. The molecule has 1 aromatic rings. The van der Waals surface area contributed by atoms with Crippen molar-refractivity contribution in [2.24, 2.45) is 13.0 Å². The van der Waals surface area contributed by atoms with Crippen LogP contribution in [0.4, 0.5) is 0 Å². The second kappa shape index (κ2) is 4.81. The van der Waals surface area contributed by atoms with E-state index in [0.717, 1.165) is 37.8 Å². The average Bonchev–Trinajstić information content (AvgIpc) is 2.60. The Morgan fingerprint density at radius 1 is 1.56 bits per heavy atom. The molecule has 1 aromatic heterocycles. The van der Waals surface area contributed by atoms with Crippen molar-refractivity contribution in [2.75, 3.05) is 0 Å². The molecule has 3 nitrogen and oxygen atoms in total. The normalized spacial score (nSPS) is 21.4. The molecule has 0 aliphatic heterocycles. The second-order valence-electron chi connectivity index (χ2n) is 4.81. The maximum Gasteiger partial charge on any atom is 0.133 e. The summed E-state index contributed by atoms with van der Waals surface area (Å²) in [6.45, 7) is 2.12. The summed E-state index contributed by atoms with van der Waals surface area (Å²) in [7, 11) is 2.00. The number of Topliss-reactive ketones (excluding diaryl/α,β-unsaturated/α-hetero) is 1. The zero-order chi connectivity index (χ0) is 11.5. The molecule has 0 spiro atoms. The molecular weight excluding hydrogens is 200 g/mol. The molecule has 1 aliphatic carbocycles. The number of carbonyl (C=O) groups excluding carboxylic acids is 1. The first-order chi connectivity index (χ1) is 7.69. The number of aromatic nitrogens is 2. The van der Waals surface area contributed by atoms with Gasteiger partial charge in [0.05, 0.1) is 5.69 Å². The lowest BCUT2D eigenvalue weighted by Gasteiger charge is -2.20. The maximum atomic E-state index is 11.4. The molecule has 1 heterocycles. The first kappa shape index (κ1) is 11.4. The predicted molar refractivity (Wildman–Crippen MR) is 63.3 cm³/mol. The van der Waals surface area contributed by atoms with Gasteiger partial charge >= 0.3 is 0 Å². The summed E-state index contributed by atoms with van der Waals surface area (Å²) in [5.74, 6) is 0.982.